The Morgan fingerprint density at radius 3 is 2.65 bits per heavy atom. The lowest BCUT2D eigenvalue weighted by Gasteiger charge is -2.15. The SMILES string of the molecule is NC(=O)Cc1ccc(NC2CCc3ccccc32)cc1. The number of fused-ring (bicyclic) bond motifs is 1. The van der Waals surface area contributed by atoms with Gasteiger partial charge in [0.05, 0.1) is 12.5 Å². The topological polar surface area (TPSA) is 55.1 Å². The smallest absolute Gasteiger partial charge is 0.221 e. The van der Waals surface area contributed by atoms with Crippen LogP contribution in [0.4, 0.5) is 5.69 Å². The second kappa shape index (κ2) is 5.37. The molecule has 0 fully saturated rings. The summed E-state index contributed by atoms with van der Waals surface area (Å²) in [5.74, 6) is -0.296. The van der Waals surface area contributed by atoms with Gasteiger partial charge in [-0.3, -0.25) is 4.79 Å². The van der Waals surface area contributed by atoms with Crippen molar-refractivity contribution in [3.05, 3.63) is 65.2 Å². The molecule has 102 valence electrons. The number of primary amides is 1. The van der Waals surface area contributed by atoms with E-state index in [1.54, 1.807) is 0 Å². The summed E-state index contributed by atoms with van der Waals surface area (Å²) in [7, 11) is 0. The monoisotopic (exact) mass is 266 g/mol. The highest BCUT2D eigenvalue weighted by molar-refractivity contribution is 5.76. The highest BCUT2D eigenvalue weighted by atomic mass is 16.1. The van der Waals surface area contributed by atoms with Crippen LogP contribution in [0.5, 0.6) is 0 Å². The fraction of sp³-hybridized carbons (Fsp3) is 0.235. The average molecular weight is 266 g/mol. The molecule has 1 aliphatic carbocycles. The number of carbonyl (C=O) groups is 1. The molecule has 20 heavy (non-hydrogen) atoms. The molecule has 0 saturated heterocycles. The summed E-state index contributed by atoms with van der Waals surface area (Å²) in [6.45, 7) is 0. The summed E-state index contributed by atoms with van der Waals surface area (Å²) in [5, 5.41) is 3.56. The van der Waals surface area contributed by atoms with Crippen molar-refractivity contribution in [3.8, 4) is 0 Å². The molecule has 3 nitrogen and oxygen atoms in total. The molecule has 0 aromatic heterocycles. The predicted octanol–water partition coefficient (Wildman–Crippen LogP) is 2.81. The number of hydrogen-bond donors (Lipinski definition) is 2. The first-order chi connectivity index (χ1) is 9.72. The van der Waals surface area contributed by atoms with Crippen LogP contribution in [-0.2, 0) is 17.6 Å². The molecule has 0 saturated carbocycles. The number of nitrogens with two attached hydrogens (primary N) is 1. The molecule has 3 N–H and O–H groups in total. The molecule has 1 unspecified atom stereocenters. The summed E-state index contributed by atoms with van der Waals surface area (Å²) < 4.78 is 0. The van der Waals surface area contributed by atoms with E-state index in [0.29, 0.717) is 12.5 Å². The molecule has 3 rings (SSSR count). The fourth-order valence-electron chi connectivity index (χ4n) is 2.83. The van der Waals surface area contributed by atoms with Crippen LogP contribution in [-0.4, -0.2) is 5.91 Å². The highest BCUT2D eigenvalue weighted by Gasteiger charge is 2.21. The first kappa shape index (κ1) is 12.7. The van der Waals surface area contributed by atoms with E-state index in [0.717, 1.165) is 24.1 Å². The number of rotatable bonds is 4. The molecule has 1 amide bonds. The molecule has 0 spiro atoms. The molecule has 1 aliphatic rings. The fourth-order valence-corrected chi connectivity index (χ4v) is 2.83. The van der Waals surface area contributed by atoms with Crippen molar-refractivity contribution in [2.24, 2.45) is 5.73 Å². The lowest BCUT2D eigenvalue weighted by Crippen LogP contribution is -2.13. The van der Waals surface area contributed by atoms with Gasteiger partial charge in [-0.2, -0.15) is 0 Å². The maximum atomic E-state index is 10.9. The minimum atomic E-state index is -0.296. The highest BCUT2D eigenvalue weighted by Crippen LogP contribution is 2.33. The van der Waals surface area contributed by atoms with Gasteiger partial charge in [0.1, 0.15) is 0 Å². The van der Waals surface area contributed by atoms with E-state index >= 15 is 0 Å². The van der Waals surface area contributed by atoms with Gasteiger partial charge in [0.25, 0.3) is 0 Å². The number of carbonyl (C=O) groups excluding carboxylic acids is 1. The minimum Gasteiger partial charge on any atom is -0.378 e. The van der Waals surface area contributed by atoms with Crippen LogP contribution in [0.2, 0.25) is 0 Å². The van der Waals surface area contributed by atoms with Gasteiger partial charge >= 0.3 is 0 Å². The van der Waals surface area contributed by atoms with Gasteiger partial charge in [0.15, 0.2) is 0 Å². The number of benzene rings is 2. The van der Waals surface area contributed by atoms with E-state index in [1.165, 1.54) is 11.1 Å². The molecular formula is C17H18N2O. The van der Waals surface area contributed by atoms with Crippen LogP contribution in [0.15, 0.2) is 48.5 Å². The standard InChI is InChI=1S/C17H18N2O/c18-17(20)11-12-5-8-14(9-6-12)19-16-10-7-13-3-1-2-4-15(13)16/h1-6,8-9,16,19H,7,10-11H2,(H2,18,20). The van der Waals surface area contributed by atoms with E-state index in [9.17, 15) is 4.79 Å². The summed E-state index contributed by atoms with van der Waals surface area (Å²) in [5.41, 5.74) is 10.1. The molecule has 2 aromatic rings. The predicted molar refractivity (Wildman–Crippen MR) is 80.5 cm³/mol. The van der Waals surface area contributed by atoms with E-state index < -0.39 is 0 Å². The van der Waals surface area contributed by atoms with Gasteiger partial charge in [-0.15, -0.1) is 0 Å². The number of amides is 1. The summed E-state index contributed by atoms with van der Waals surface area (Å²) in [6.07, 6.45) is 2.56. The van der Waals surface area contributed by atoms with Gasteiger partial charge in [0, 0.05) is 5.69 Å². The Labute approximate surface area is 118 Å². The van der Waals surface area contributed by atoms with E-state index in [-0.39, 0.29) is 5.91 Å². The Balaban J connectivity index is 1.71. The maximum Gasteiger partial charge on any atom is 0.221 e. The first-order valence-corrected chi connectivity index (χ1v) is 6.94. The van der Waals surface area contributed by atoms with Crippen molar-refractivity contribution in [2.75, 3.05) is 5.32 Å². The van der Waals surface area contributed by atoms with Crippen LogP contribution < -0.4 is 11.1 Å². The molecule has 0 bridgehead atoms. The Kier molecular flexibility index (Phi) is 3.42. The summed E-state index contributed by atoms with van der Waals surface area (Å²) in [6, 6.07) is 16.9. The number of nitrogens with one attached hydrogen (secondary N) is 1. The van der Waals surface area contributed by atoms with Crippen molar-refractivity contribution in [1.29, 1.82) is 0 Å². The zero-order chi connectivity index (χ0) is 13.9. The van der Waals surface area contributed by atoms with Crippen LogP contribution >= 0.6 is 0 Å². The second-order valence-electron chi connectivity index (χ2n) is 5.27. The van der Waals surface area contributed by atoms with Crippen molar-refractivity contribution in [1.82, 2.24) is 0 Å². The molecule has 0 heterocycles. The van der Waals surface area contributed by atoms with Gasteiger partial charge in [-0.1, -0.05) is 36.4 Å². The normalized spacial score (nSPS) is 16.7. The molecular weight excluding hydrogens is 248 g/mol. The Hall–Kier alpha value is -2.29. The maximum absolute atomic E-state index is 10.9. The number of anilines is 1. The van der Waals surface area contributed by atoms with Gasteiger partial charge in [0.2, 0.25) is 5.91 Å². The Morgan fingerprint density at radius 1 is 1.15 bits per heavy atom. The van der Waals surface area contributed by atoms with Crippen LogP contribution in [0, 0.1) is 0 Å². The zero-order valence-electron chi connectivity index (χ0n) is 11.3. The van der Waals surface area contributed by atoms with Gasteiger partial charge in [-0.25, -0.2) is 0 Å². The Morgan fingerprint density at radius 2 is 1.90 bits per heavy atom. The lowest BCUT2D eigenvalue weighted by molar-refractivity contribution is -0.117. The minimum absolute atomic E-state index is 0.296. The lowest BCUT2D eigenvalue weighted by atomic mass is 10.1. The van der Waals surface area contributed by atoms with E-state index in [2.05, 4.69) is 29.6 Å². The third-order valence-corrected chi connectivity index (χ3v) is 3.81. The molecule has 3 heteroatoms. The van der Waals surface area contributed by atoms with E-state index in [1.807, 2.05) is 24.3 Å². The van der Waals surface area contributed by atoms with Gasteiger partial charge in [-0.05, 0) is 41.7 Å². The second-order valence-corrected chi connectivity index (χ2v) is 5.27. The third kappa shape index (κ3) is 2.67. The number of hydrogen-bond acceptors (Lipinski definition) is 2. The molecule has 0 radical (unpaired) electrons. The average Bonchev–Trinajstić information content (AvgIpc) is 2.84. The van der Waals surface area contributed by atoms with Crippen molar-refractivity contribution in [3.63, 3.8) is 0 Å². The third-order valence-electron chi connectivity index (χ3n) is 3.81. The number of aryl methyl sites for hydroxylation is 1. The van der Waals surface area contributed by atoms with Crippen molar-refractivity contribution in [2.45, 2.75) is 25.3 Å². The summed E-state index contributed by atoms with van der Waals surface area (Å²) >= 11 is 0. The Bertz CT molecular complexity index is 619. The first-order valence-electron chi connectivity index (χ1n) is 6.94. The zero-order valence-corrected chi connectivity index (χ0v) is 11.3. The van der Waals surface area contributed by atoms with Crippen LogP contribution in [0.1, 0.15) is 29.2 Å². The molecule has 1 atom stereocenters. The van der Waals surface area contributed by atoms with E-state index in [4.69, 9.17) is 5.73 Å². The summed E-state index contributed by atoms with van der Waals surface area (Å²) in [4.78, 5) is 10.9. The van der Waals surface area contributed by atoms with Crippen LogP contribution in [0.3, 0.4) is 0 Å². The molecule has 2 aromatic carbocycles. The van der Waals surface area contributed by atoms with Crippen molar-refractivity contribution >= 4 is 11.6 Å². The quantitative estimate of drug-likeness (QED) is 0.894. The molecule has 0 aliphatic heterocycles. The van der Waals surface area contributed by atoms with Crippen molar-refractivity contribution < 1.29 is 4.79 Å². The largest absolute Gasteiger partial charge is 0.378 e. The van der Waals surface area contributed by atoms with Crippen LogP contribution in [0.25, 0.3) is 0 Å². The van der Waals surface area contributed by atoms with Gasteiger partial charge < -0.3 is 11.1 Å².